The molecule has 2 rings (SSSR count). The van der Waals surface area contributed by atoms with E-state index < -0.39 is 0 Å². The second kappa shape index (κ2) is 12.0. The minimum absolute atomic E-state index is 0.0411. The molecule has 0 bridgehead atoms. The second-order valence-corrected chi connectivity index (χ2v) is 6.33. The second-order valence-electron chi connectivity index (χ2n) is 6.33. The van der Waals surface area contributed by atoms with Crippen molar-refractivity contribution in [3.8, 4) is 28.7 Å². The van der Waals surface area contributed by atoms with Gasteiger partial charge < -0.3 is 29.0 Å². The van der Waals surface area contributed by atoms with Gasteiger partial charge in [-0.3, -0.25) is 9.59 Å². The molecule has 0 aliphatic carbocycles. The van der Waals surface area contributed by atoms with Crippen LogP contribution in [0, 0.1) is 0 Å². The van der Waals surface area contributed by atoms with Crippen LogP contribution < -0.4 is 34.4 Å². The first-order valence-corrected chi connectivity index (χ1v) is 9.59. The van der Waals surface area contributed by atoms with Gasteiger partial charge in [-0.05, 0) is 35.9 Å². The molecule has 0 fully saturated rings. The summed E-state index contributed by atoms with van der Waals surface area (Å²) in [6, 6.07) is 8.30. The quantitative estimate of drug-likeness (QED) is 0.401. The number of methoxy groups -OCH3 is 5. The van der Waals surface area contributed by atoms with Crippen LogP contribution in [0.4, 0.5) is 0 Å². The molecular formula is C22H27N3O7. The summed E-state index contributed by atoms with van der Waals surface area (Å²) in [4.78, 5) is 24.4. The Labute approximate surface area is 186 Å². The van der Waals surface area contributed by atoms with E-state index >= 15 is 0 Å². The molecular weight excluding hydrogens is 418 g/mol. The van der Waals surface area contributed by atoms with Crippen molar-refractivity contribution >= 4 is 18.0 Å². The molecule has 10 nitrogen and oxygen atoms in total. The first-order valence-electron chi connectivity index (χ1n) is 9.59. The Balaban J connectivity index is 1.88. The van der Waals surface area contributed by atoms with Crippen molar-refractivity contribution in [1.29, 1.82) is 0 Å². The molecule has 10 heteroatoms. The zero-order valence-corrected chi connectivity index (χ0v) is 18.7. The molecule has 0 spiro atoms. The Bertz CT molecular complexity index is 951. The Morgan fingerprint density at radius 1 is 0.844 bits per heavy atom. The van der Waals surface area contributed by atoms with Gasteiger partial charge in [0.25, 0.3) is 5.91 Å². The van der Waals surface area contributed by atoms with E-state index in [-0.39, 0.29) is 24.8 Å². The van der Waals surface area contributed by atoms with Crippen LogP contribution in [0.15, 0.2) is 35.4 Å². The number of hydrogen-bond acceptors (Lipinski definition) is 8. The van der Waals surface area contributed by atoms with Gasteiger partial charge in [0.2, 0.25) is 11.7 Å². The van der Waals surface area contributed by atoms with Crippen LogP contribution in [0.3, 0.4) is 0 Å². The van der Waals surface area contributed by atoms with E-state index in [1.54, 1.807) is 25.3 Å². The number of nitrogens with zero attached hydrogens (tertiary/aromatic N) is 1. The fourth-order valence-electron chi connectivity index (χ4n) is 2.77. The molecule has 0 saturated heterocycles. The first-order chi connectivity index (χ1) is 15.5. The fraction of sp³-hybridized carbons (Fsp3) is 0.318. The van der Waals surface area contributed by atoms with E-state index in [9.17, 15) is 9.59 Å². The van der Waals surface area contributed by atoms with E-state index in [4.69, 9.17) is 23.7 Å². The first kappa shape index (κ1) is 24.3. The summed E-state index contributed by atoms with van der Waals surface area (Å²) in [6.07, 6.45) is 1.52. The Morgan fingerprint density at radius 3 is 2.03 bits per heavy atom. The number of nitrogens with one attached hydrogen (secondary N) is 2. The van der Waals surface area contributed by atoms with Crippen molar-refractivity contribution in [3.63, 3.8) is 0 Å². The number of amides is 2. The highest BCUT2D eigenvalue weighted by Gasteiger charge is 2.17. The number of hydrazone groups is 1. The lowest BCUT2D eigenvalue weighted by Crippen LogP contribution is -2.29. The lowest BCUT2D eigenvalue weighted by atomic mass is 10.1. The highest BCUT2D eigenvalue weighted by atomic mass is 16.5. The summed E-state index contributed by atoms with van der Waals surface area (Å²) in [5.74, 6) is 1.52. The standard InChI is InChI=1S/C22H27N3O7/c1-28-16-7-6-14(10-17(16)29-2)13-24-25-20(26)8-9-23-22(27)15-11-18(30-3)21(32-5)19(12-15)31-4/h6-7,10-13H,8-9H2,1-5H3,(H,23,27)(H,25,26). The minimum Gasteiger partial charge on any atom is -0.493 e. The maximum Gasteiger partial charge on any atom is 0.251 e. The normalized spacial score (nSPS) is 10.4. The van der Waals surface area contributed by atoms with Crippen LogP contribution >= 0.6 is 0 Å². The third kappa shape index (κ3) is 6.27. The van der Waals surface area contributed by atoms with Crippen LogP contribution in [0.25, 0.3) is 0 Å². The number of carbonyl (C=O) groups excluding carboxylic acids is 2. The smallest absolute Gasteiger partial charge is 0.251 e. The monoisotopic (exact) mass is 445 g/mol. The number of hydrogen-bond donors (Lipinski definition) is 2. The Morgan fingerprint density at radius 2 is 1.47 bits per heavy atom. The molecule has 172 valence electrons. The maximum atomic E-state index is 12.4. The predicted molar refractivity (Wildman–Crippen MR) is 118 cm³/mol. The summed E-state index contributed by atoms with van der Waals surface area (Å²) < 4.78 is 26.1. The Kier molecular flexibility index (Phi) is 9.15. The molecule has 0 aromatic heterocycles. The van der Waals surface area contributed by atoms with E-state index in [1.807, 2.05) is 0 Å². The van der Waals surface area contributed by atoms with Crippen molar-refractivity contribution in [1.82, 2.24) is 10.7 Å². The van der Waals surface area contributed by atoms with Gasteiger partial charge in [0.15, 0.2) is 23.0 Å². The van der Waals surface area contributed by atoms with E-state index in [0.717, 1.165) is 5.56 Å². The number of ether oxygens (including phenoxy) is 5. The highest BCUT2D eigenvalue weighted by molar-refractivity contribution is 5.96. The zero-order valence-electron chi connectivity index (χ0n) is 18.7. The topological polar surface area (TPSA) is 117 Å². The molecule has 0 radical (unpaired) electrons. The molecule has 2 aromatic carbocycles. The van der Waals surface area contributed by atoms with Gasteiger partial charge in [-0.2, -0.15) is 5.10 Å². The SMILES string of the molecule is COc1ccc(C=NNC(=O)CCNC(=O)c2cc(OC)c(OC)c(OC)c2)cc1OC. The Hall–Kier alpha value is -3.95. The van der Waals surface area contributed by atoms with Gasteiger partial charge in [0, 0.05) is 18.5 Å². The summed E-state index contributed by atoms with van der Waals surface area (Å²) in [5.41, 5.74) is 3.45. The molecule has 0 saturated carbocycles. The third-order valence-corrected chi connectivity index (χ3v) is 4.38. The molecule has 0 aliphatic rings. The van der Waals surface area contributed by atoms with Crippen molar-refractivity contribution < 1.29 is 33.3 Å². The van der Waals surface area contributed by atoms with Crippen LogP contribution in [0.1, 0.15) is 22.3 Å². The summed E-state index contributed by atoms with van der Waals surface area (Å²) in [5, 5.41) is 6.58. The lowest BCUT2D eigenvalue weighted by Gasteiger charge is -2.14. The van der Waals surface area contributed by atoms with Crippen LogP contribution in [-0.4, -0.2) is 60.1 Å². The molecule has 2 amide bonds. The summed E-state index contributed by atoms with van der Waals surface area (Å²) in [6.45, 7) is 0.118. The number of rotatable bonds is 11. The average molecular weight is 445 g/mol. The predicted octanol–water partition coefficient (Wildman–Crippen LogP) is 2.00. The van der Waals surface area contributed by atoms with Crippen molar-refractivity contribution in [3.05, 3.63) is 41.5 Å². The maximum absolute atomic E-state index is 12.4. The summed E-state index contributed by atoms with van der Waals surface area (Å²) >= 11 is 0. The van der Waals surface area contributed by atoms with Crippen molar-refractivity contribution in [2.24, 2.45) is 5.10 Å². The van der Waals surface area contributed by atoms with Crippen molar-refractivity contribution in [2.75, 3.05) is 42.1 Å². The molecule has 2 N–H and O–H groups in total. The van der Waals surface area contributed by atoms with Gasteiger partial charge in [0.1, 0.15) is 0 Å². The molecule has 2 aromatic rings. The average Bonchev–Trinajstić information content (AvgIpc) is 2.82. The minimum atomic E-state index is -0.383. The molecule has 0 aliphatic heterocycles. The summed E-state index contributed by atoms with van der Waals surface area (Å²) in [7, 11) is 7.49. The molecule has 32 heavy (non-hydrogen) atoms. The van der Waals surface area contributed by atoms with Gasteiger partial charge in [-0.25, -0.2) is 5.43 Å². The fourth-order valence-corrected chi connectivity index (χ4v) is 2.77. The van der Waals surface area contributed by atoms with Crippen LogP contribution in [0.5, 0.6) is 28.7 Å². The number of benzene rings is 2. The third-order valence-electron chi connectivity index (χ3n) is 4.38. The van der Waals surface area contributed by atoms with E-state index in [0.29, 0.717) is 34.3 Å². The highest BCUT2D eigenvalue weighted by Crippen LogP contribution is 2.38. The van der Waals surface area contributed by atoms with Gasteiger partial charge in [-0.1, -0.05) is 0 Å². The molecule has 0 unspecified atom stereocenters. The van der Waals surface area contributed by atoms with Gasteiger partial charge in [0.05, 0.1) is 41.8 Å². The van der Waals surface area contributed by atoms with Crippen molar-refractivity contribution in [2.45, 2.75) is 6.42 Å². The molecule has 0 atom stereocenters. The largest absolute Gasteiger partial charge is 0.493 e. The van der Waals surface area contributed by atoms with E-state index in [1.165, 1.54) is 46.8 Å². The van der Waals surface area contributed by atoms with Crippen LogP contribution in [0.2, 0.25) is 0 Å². The van der Waals surface area contributed by atoms with Gasteiger partial charge >= 0.3 is 0 Å². The van der Waals surface area contributed by atoms with E-state index in [2.05, 4.69) is 15.8 Å². The van der Waals surface area contributed by atoms with Gasteiger partial charge in [-0.15, -0.1) is 0 Å². The molecule has 0 heterocycles. The lowest BCUT2D eigenvalue weighted by molar-refractivity contribution is -0.120. The van der Waals surface area contributed by atoms with Crippen LogP contribution in [-0.2, 0) is 4.79 Å². The number of carbonyl (C=O) groups is 2. The zero-order chi connectivity index (χ0) is 23.5.